The number of rotatable bonds is 2. The van der Waals surface area contributed by atoms with Crippen LogP contribution in [-0.2, 0) is 0 Å². The largest absolute Gasteiger partial charge is 0.480 e. The predicted octanol–water partition coefficient (Wildman–Crippen LogP) is 2.88. The van der Waals surface area contributed by atoms with E-state index in [4.69, 9.17) is 4.74 Å². The Labute approximate surface area is 78.5 Å². The fourth-order valence-corrected chi connectivity index (χ4v) is 2.45. The average molecular weight is 197 g/mol. The topological polar surface area (TPSA) is 22.1 Å². The number of aromatic nitrogens is 1. The first-order valence-corrected chi connectivity index (χ1v) is 5.19. The Morgan fingerprint density at radius 2 is 2.33 bits per heavy atom. The zero-order chi connectivity index (χ0) is 8.39. The minimum absolute atomic E-state index is 0.698. The summed E-state index contributed by atoms with van der Waals surface area (Å²) in [5.74, 6) is 0.698. The van der Waals surface area contributed by atoms with E-state index in [1.807, 2.05) is 16.8 Å². The van der Waals surface area contributed by atoms with E-state index in [0.29, 0.717) is 5.88 Å². The molecule has 0 saturated carbocycles. The van der Waals surface area contributed by atoms with Crippen LogP contribution in [0.15, 0.2) is 22.9 Å². The third kappa shape index (κ3) is 1.35. The molecule has 0 radical (unpaired) electrons. The molecule has 0 fully saturated rings. The Balaban J connectivity index is 2.35. The Hall–Kier alpha value is -0.870. The number of methoxy groups -OCH3 is 1. The Morgan fingerprint density at radius 3 is 2.92 bits per heavy atom. The summed E-state index contributed by atoms with van der Waals surface area (Å²) in [7, 11) is 1.63. The maximum Gasteiger partial charge on any atom is 0.224 e. The van der Waals surface area contributed by atoms with Gasteiger partial charge in [0.1, 0.15) is 5.01 Å². The van der Waals surface area contributed by atoms with Crippen molar-refractivity contribution in [2.75, 3.05) is 7.11 Å². The van der Waals surface area contributed by atoms with E-state index in [9.17, 15) is 0 Å². The molecule has 62 valence electrons. The molecule has 0 spiro atoms. The third-order valence-corrected chi connectivity index (χ3v) is 3.28. The van der Waals surface area contributed by atoms with E-state index >= 15 is 0 Å². The van der Waals surface area contributed by atoms with Gasteiger partial charge in [-0.05, 0) is 11.4 Å². The Kier molecular flexibility index (Phi) is 2.10. The molecule has 2 nitrogen and oxygen atoms in total. The second kappa shape index (κ2) is 3.25. The average Bonchev–Trinajstić information content (AvgIpc) is 2.75. The molecular formula is C8H7NOS2. The van der Waals surface area contributed by atoms with E-state index in [0.717, 1.165) is 5.01 Å². The lowest BCUT2D eigenvalue weighted by molar-refractivity contribution is 0.401. The van der Waals surface area contributed by atoms with Crippen molar-refractivity contribution >= 4 is 22.7 Å². The molecule has 2 aromatic heterocycles. The van der Waals surface area contributed by atoms with Gasteiger partial charge in [0.05, 0.1) is 17.4 Å². The van der Waals surface area contributed by atoms with Crippen molar-refractivity contribution in [2.24, 2.45) is 0 Å². The Bertz CT molecular complexity index is 353. The highest BCUT2D eigenvalue weighted by molar-refractivity contribution is 7.20. The highest BCUT2D eigenvalue weighted by atomic mass is 32.1. The third-order valence-electron chi connectivity index (χ3n) is 1.42. The van der Waals surface area contributed by atoms with Gasteiger partial charge < -0.3 is 4.74 Å². The summed E-state index contributed by atoms with van der Waals surface area (Å²) < 4.78 is 5.00. The van der Waals surface area contributed by atoms with E-state index in [2.05, 4.69) is 11.1 Å². The fourth-order valence-electron chi connectivity index (χ4n) is 0.866. The molecule has 2 heterocycles. The van der Waals surface area contributed by atoms with Crippen molar-refractivity contribution in [1.29, 1.82) is 0 Å². The van der Waals surface area contributed by atoms with Gasteiger partial charge in [-0.3, -0.25) is 0 Å². The van der Waals surface area contributed by atoms with Crippen LogP contribution < -0.4 is 4.74 Å². The summed E-state index contributed by atoms with van der Waals surface area (Å²) >= 11 is 3.30. The van der Waals surface area contributed by atoms with Crippen LogP contribution in [-0.4, -0.2) is 12.1 Å². The highest BCUT2D eigenvalue weighted by Crippen LogP contribution is 2.29. The second-order valence-electron chi connectivity index (χ2n) is 2.17. The van der Waals surface area contributed by atoms with Crippen LogP contribution >= 0.6 is 22.7 Å². The number of thiazole rings is 1. The molecule has 0 aromatic carbocycles. The highest BCUT2D eigenvalue weighted by Gasteiger charge is 2.04. The number of thiophene rings is 1. The van der Waals surface area contributed by atoms with Crippen LogP contribution in [0.2, 0.25) is 0 Å². The van der Waals surface area contributed by atoms with Gasteiger partial charge in [-0.25, -0.2) is 4.98 Å². The zero-order valence-electron chi connectivity index (χ0n) is 6.48. The summed E-state index contributed by atoms with van der Waals surface area (Å²) in [6.07, 6.45) is 0. The van der Waals surface area contributed by atoms with Gasteiger partial charge in [-0.15, -0.1) is 22.7 Å². The van der Waals surface area contributed by atoms with Crippen molar-refractivity contribution in [1.82, 2.24) is 4.98 Å². The molecule has 0 aliphatic rings. The molecule has 12 heavy (non-hydrogen) atoms. The number of ether oxygens (including phenoxy) is 1. The monoisotopic (exact) mass is 197 g/mol. The molecule has 0 aliphatic carbocycles. The molecule has 0 bridgehead atoms. The second-order valence-corrected chi connectivity index (χ2v) is 3.98. The maximum absolute atomic E-state index is 5.00. The molecule has 0 amide bonds. The number of nitrogens with zero attached hydrogens (tertiary/aromatic N) is 1. The quantitative estimate of drug-likeness (QED) is 0.738. The first kappa shape index (κ1) is 7.76. The summed E-state index contributed by atoms with van der Waals surface area (Å²) in [6.45, 7) is 0. The van der Waals surface area contributed by atoms with Gasteiger partial charge in [-0.2, -0.15) is 0 Å². The van der Waals surface area contributed by atoms with E-state index < -0.39 is 0 Å². The minimum Gasteiger partial charge on any atom is -0.480 e. The molecule has 0 saturated heterocycles. The normalized spacial score (nSPS) is 10.1. The fraction of sp³-hybridized carbons (Fsp3) is 0.125. The lowest BCUT2D eigenvalue weighted by Crippen LogP contribution is -1.80. The molecule has 0 N–H and O–H groups in total. The van der Waals surface area contributed by atoms with Crippen molar-refractivity contribution in [2.45, 2.75) is 0 Å². The van der Waals surface area contributed by atoms with E-state index in [-0.39, 0.29) is 0 Å². The lowest BCUT2D eigenvalue weighted by atomic mass is 10.5. The number of hydrogen-bond donors (Lipinski definition) is 0. The van der Waals surface area contributed by atoms with Crippen LogP contribution in [0.25, 0.3) is 9.88 Å². The van der Waals surface area contributed by atoms with E-state index in [1.165, 1.54) is 4.88 Å². The van der Waals surface area contributed by atoms with Gasteiger partial charge in [0.2, 0.25) is 5.88 Å². The number of hydrogen-bond acceptors (Lipinski definition) is 4. The molecule has 4 heteroatoms. The maximum atomic E-state index is 5.00. The van der Waals surface area contributed by atoms with Gasteiger partial charge in [0, 0.05) is 0 Å². The van der Waals surface area contributed by atoms with Crippen LogP contribution in [0.3, 0.4) is 0 Å². The van der Waals surface area contributed by atoms with E-state index in [1.54, 1.807) is 29.8 Å². The summed E-state index contributed by atoms with van der Waals surface area (Å²) in [6, 6.07) is 4.08. The lowest BCUT2D eigenvalue weighted by Gasteiger charge is -1.88. The first-order chi connectivity index (χ1) is 5.90. The van der Waals surface area contributed by atoms with Crippen LogP contribution in [0.1, 0.15) is 0 Å². The molecular weight excluding hydrogens is 190 g/mol. The van der Waals surface area contributed by atoms with Crippen LogP contribution in [0.5, 0.6) is 5.88 Å². The van der Waals surface area contributed by atoms with Gasteiger partial charge in [-0.1, -0.05) is 6.07 Å². The summed E-state index contributed by atoms with van der Waals surface area (Å²) in [5, 5.41) is 4.99. The molecule has 0 aliphatic heterocycles. The van der Waals surface area contributed by atoms with Crippen molar-refractivity contribution in [3.63, 3.8) is 0 Å². The smallest absolute Gasteiger partial charge is 0.224 e. The van der Waals surface area contributed by atoms with Crippen molar-refractivity contribution < 1.29 is 4.74 Å². The molecule has 0 unspecified atom stereocenters. The van der Waals surface area contributed by atoms with Crippen molar-refractivity contribution in [3.05, 3.63) is 22.9 Å². The molecule has 0 atom stereocenters. The first-order valence-electron chi connectivity index (χ1n) is 3.43. The van der Waals surface area contributed by atoms with Crippen LogP contribution in [0.4, 0.5) is 0 Å². The Morgan fingerprint density at radius 1 is 1.42 bits per heavy atom. The summed E-state index contributed by atoms with van der Waals surface area (Å²) in [4.78, 5) is 5.48. The van der Waals surface area contributed by atoms with Crippen LogP contribution in [0, 0.1) is 0 Å². The van der Waals surface area contributed by atoms with Gasteiger partial charge >= 0.3 is 0 Å². The zero-order valence-corrected chi connectivity index (χ0v) is 8.11. The van der Waals surface area contributed by atoms with Gasteiger partial charge in [0.15, 0.2) is 0 Å². The minimum atomic E-state index is 0.698. The molecule has 2 rings (SSSR count). The van der Waals surface area contributed by atoms with Crippen molar-refractivity contribution in [3.8, 4) is 15.8 Å². The molecule has 2 aromatic rings. The SMILES string of the molecule is COc1csc(-c2cccs2)n1. The standard InChI is InChI=1S/C8H7NOS2/c1-10-7-5-12-8(9-7)6-3-2-4-11-6/h2-5H,1H3. The predicted molar refractivity (Wildman–Crippen MR) is 52.0 cm³/mol. The van der Waals surface area contributed by atoms with Gasteiger partial charge in [0.25, 0.3) is 0 Å². The summed E-state index contributed by atoms with van der Waals surface area (Å²) in [5.41, 5.74) is 0.